The number of anilines is 6. The van der Waals surface area contributed by atoms with Gasteiger partial charge in [-0.3, -0.25) is 0 Å². The summed E-state index contributed by atoms with van der Waals surface area (Å²) in [6, 6.07) is 61.9. The molecule has 72 heavy (non-hydrogen) atoms. The maximum absolute atomic E-state index is 2.66. The van der Waals surface area contributed by atoms with Gasteiger partial charge in [-0.05, 0) is 167 Å². The zero-order valence-electron chi connectivity index (χ0n) is 43.0. The summed E-state index contributed by atoms with van der Waals surface area (Å²) in [5, 5.41) is 5.28. The summed E-state index contributed by atoms with van der Waals surface area (Å²) in [5.74, 6) is 0. The van der Waals surface area contributed by atoms with E-state index in [9.17, 15) is 0 Å². The molecular weight excluding hydrogens is 870 g/mol. The number of nitrogens with zero attached hydrogens (tertiary/aromatic N) is 4. The molecule has 0 bridgehead atoms. The monoisotopic (exact) mass is 926 g/mol. The Labute approximate surface area is 423 Å². The highest BCUT2D eigenvalue weighted by Crippen LogP contribution is 2.47. The van der Waals surface area contributed by atoms with Crippen molar-refractivity contribution in [3.8, 4) is 11.4 Å². The SMILES string of the molecule is Cc1ccc(N2c3ccc(C)cc3B3c4c2cccc4-n2c4cc5c(cc4c4cc(C(C)(C)C)cc3c42)c2cc(C(C)(C)C)cc3c2n5-c2cccc4c2B3c2cc(C)ccc2N4c2ccc(C)cc2)cc1. The fourth-order valence-electron chi connectivity index (χ4n) is 13.5. The Balaban J connectivity index is 1.09. The second-order valence-electron chi connectivity index (χ2n) is 23.7. The van der Waals surface area contributed by atoms with Crippen LogP contribution in [0, 0.1) is 27.7 Å². The van der Waals surface area contributed by atoms with Crippen molar-refractivity contribution in [2.75, 3.05) is 9.80 Å². The summed E-state index contributed by atoms with van der Waals surface area (Å²) < 4.78 is 5.32. The van der Waals surface area contributed by atoms with E-state index in [1.807, 2.05) is 0 Å². The molecule has 346 valence electrons. The number of aromatic nitrogens is 2. The van der Waals surface area contributed by atoms with Gasteiger partial charge in [0.05, 0.1) is 11.0 Å². The normalized spacial score (nSPS) is 14.1. The van der Waals surface area contributed by atoms with Crippen molar-refractivity contribution in [1.29, 1.82) is 0 Å². The Kier molecular flexibility index (Phi) is 8.20. The van der Waals surface area contributed by atoms with Gasteiger partial charge in [0.1, 0.15) is 0 Å². The van der Waals surface area contributed by atoms with Gasteiger partial charge in [0, 0.05) is 78.1 Å². The predicted octanol–water partition coefficient (Wildman–Crippen LogP) is 12.9. The fraction of sp³-hybridized carbons (Fsp3) is 0.182. The Morgan fingerprint density at radius 3 is 1.12 bits per heavy atom. The van der Waals surface area contributed by atoms with Crippen molar-refractivity contribution in [2.45, 2.75) is 80.1 Å². The van der Waals surface area contributed by atoms with Gasteiger partial charge in [0.15, 0.2) is 0 Å². The van der Waals surface area contributed by atoms with Gasteiger partial charge >= 0.3 is 0 Å². The molecule has 0 aliphatic carbocycles. The second-order valence-corrected chi connectivity index (χ2v) is 23.7. The summed E-state index contributed by atoms with van der Waals surface area (Å²) in [4.78, 5) is 5.05. The minimum absolute atomic E-state index is 0.0664. The summed E-state index contributed by atoms with van der Waals surface area (Å²) in [6.45, 7) is 23.3. The first-order valence-corrected chi connectivity index (χ1v) is 26.0. The molecule has 9 aromatic carbocycles. The average molecular weight is 927 g/mol. The third kappa shape index (κ3) is 5.50. The number of hydrogen-bond donors (Lipinski definition) is 0. The molecule has 0 N–H and O–H groups in total. The summed E-state index contributed by atoms with van der Waals surface area (Å²) >= 11 is 0. The van der Waals surface area contributed by atoms with Crippen LogP contribution in [0.5, 0.6) is 0 Å². The third-order valence-corrected chi connectivity index (χ3v) is 17.0. The van der Waals surface area contributed by atoms with E-state index in [0.29, 0.717) is 0 Å². The van der Waals surface area contributed by atoms with Crippen molar-refractivity contribution >= 4 is 124 Å². The molecule has 0 radical (unpaired) electrons. The molecule has 6 heteroatoms. The Bertz CT molecular complexity index is 3960. The van der Waals surface area contributed by atoms with Crippen LogP contribution in [0.25, 0.3) is 55.0 Å². The van der Waals surface area contributed by atoms with Crippen molar-refractivity contribution < 1.29 is 0 Å². The average Bonchev–Trinajstić information content (AvgIpc) is 3.86. The molecule has 6 heterocycles. The standard InChI is InChI=1S/C66H56B2N4/c1-37-17-23-43(24-18-37)69-53-27-21-39(3)29-49(53)67-51-33-41(65(5,6)7)31-47-45-35-46-48-32-42(66(8,9)10)34-52-64(48)72(60(46)36-59(45)71(63(47)51)57-15-11-13-55(69)61(57)67)58-16-12-14-56-62(58)68(52)50-30-40(4)22-28-54(50)70(56)44-25-19-38(2)20-26-44/h11-36H,1-10H3. The van der Waals surface area contributed by atoms with Gasteiger partial charge in [-0.2, -0.15) is 0 Å². The van der Waals surface area contributed by atoms with E-state index in [1.165, 1.54) is 155 Å². The van der Waals surface area contributed by atoms with E-state index in [0.717, 1.165) is 0 Å². The number of fused-ring (bicyclic) bond motifs is 14. The quantitative estimate of drug-likeness (QED) is 0.161. The van der Waals surface area contributed by atoms with Crippen LogP contribution in [0.4, 0.5) is 34.1 Å². The van der Waals surface area contributed by atoms with Crippen LogP contribution in [0.3, 0.4) is 0 Å². The first-order chi connectivity index (χ1) is 34.6. The molecule has 4 aliphatic rings. The van der Waals surface area contributed by atoms with Crippen LogP contribution in [0.1, 0.15) is 74.9 Å². The molecule has 4 nitrogen and oxygen atoms in total. The third-order valence-electron chi connectivity index (χ3n) is 17.0. The van der Waals surface area contributed by atoms with Crippen LogP contribution >= 0.6 is 0 Å². The maximum atomic E-state index is 2.66. The molecule has 0 saturated heterocycles. The van der Waals surface area contributed by atoms with Crippen LogP contribution in [-0.2, 0) is 10.8 Å². The molecule has 0 saturated carbocycles. The lowest BCUT2D eigenvalue weighted by atomic mass is 9.33. The van der Waals surface area contributed by atoms with Crippen molar-refractivity contribution in [1.82, 2.24) is 9.13 Å². The Morgan fingerprint density at radius 2 is 0.722 bits per heavy atom. The van der Waals surface area contributed by atoms with E-state index in [4.69, 9.17) is 0 Å². The lowest BCUT2D eigenvalue weighted by molar-refractivity contribution is 0.591. The largest absolute Gasteiger partial charge is 0.311 e. The van der Waals surface area contributed by atoms with E-state index < -0.39 is 0 Å². The van der Waals surface area contributed by atoms with E-state index >= 15 is 0 Å². The van der Waals surface area contributed by atoms with E-state index in [2.05, 4.69) is 246 Å². The molecule has 0 amide bonds. The molecule has 2 aromatic heterocycles. The van der Waals surface area contributed by atoms with E-state index in [-0.39, 0.29) is 24.3 Å². The number of benzene rings is 9. The van der Waals surface area contributed by atoms with Gasteiger partial charge < -0.3 is 18.9 Å². The van der Waals surface area contributed by atoms with Crippen LogP contribution < -0.4 is 42.6 Å². The fourth-order valence-corrected chi connectivity index (χ4v) is 13.5. The van der Waals surface area contributed by atoms with Crippen LogP contribution in [-0.4, -0.2) is 22.6 Å². The summed E-state index contributed by atoms with van der Waals surface area (Å²) in [5.41, 5.74) is 31.0. The minimum atomic E-state index is -0.0733. The smallest absolute Gasteiger partial charge is 0.252 e. The second kappa shape index (κ2) is 14.0. The maximum Gasteiger partial charge on any atom is 0.252 e. The van der Waals surface area contributed by atoms with Gasteiger partial charge in [0.25, 0.3) is 13.4 Å². The summed E-state index contributed by atoms with van der Waals surface area (Å²) in [7, 11) is 0. The molecule has 0 spiro atoms. The molecule has 15 rings (SSSR count). The van der Waals surface area contributed by atoms with Gasteiger partial charge in [0.2, 0.25) is 0 Å². The molecular formula is C66H56B2N4. The number of aryl methyl sites for hydroxylation is 4. The summed E-state index contributed by atoms with van der Waals surface area (Å²) in [6.07, 6.45) is 0. The predicted molar refractivity (Wildman–Crippen MR) is 310 cm³/mol. The van der Waals surface area contributed by atoms with Crippen LogP contribution in [0.15, 0.2) is 158 Å². The zero-order valence-corrected chi connectivity index (χ0v) is 43.0. The lowest BCUT2D eigenvalue weighted by Crippen LogP contribution is -2.60. The highest BCUT2D eigenvalue weighted by molar-refractivity contribution is 7.01. The van der Waals surface area contributed by atoms with Crippen molar-refractivity contribution in [3.63, 3.8) is 0 Å². The van der Waals surface area contributed by atoms with E-state index in [1.54, 1.807) is 0 Å². The molecule has 11 aromatic rings. The van der Waals surface area contributed by atoms with Gasteiger partial charge in [-0.25, -0.2) is 0 Å². The number of rotatable bonds is 2. The Morgan fingerprint density at radius 1 is 0.333 bits per heavy atom. The van der Waals surface area contributed by atoms with Crippen molar-refractivity contribution in [2.24, 2.45) is 0 Å². The molecule has 0 atom stereocenters. The van der Waals surface area contributed by atoms with Crippen LogP contribution in [0.2, 0.25) is 0 Å². The highest BCUT2D eigenvalue weighted by atomic mass is 15.2. The van der Waals surface area contributed by atoms with Gasteiger partial charge in [-0.1, -0.05) is 137 Å². The Hall–Kier alpha value is -7.69. The molecule has 0 fully saturated rings. The molecule has 0 unspecified atom stereocenters. The first-order valence-electron chi connectivity index (χ1n) is 26.0. The molecule has 4 aliphatic heterocycles. The highest BCUT2D eigenvalue weighted by Gasteiger charge is 2.45. The topological polar surface area (TPSA) is 16.3 Å². The lowest BCUT2D eigenvalue weighted by Gasteiger charge is -2.41. The van der Waals surface area contributed by atoms with Crippen molar-refractivity contribution in [3.05, 3.63) is 191 Å². The zero-order chi connectivity index (χ0) is 49.0. The number of hydrogen-bond acceptors (Lipinski definition) is 2. The minimum Gasteiger partial charge on any atom is -0.311 e. The van der Waals surface area contributed by atoms with Gasteiger partial charge in [-0.15, -0.1) is 0 Å². The first kappa shape index (κ1) is 42.0.